The minimum absolute atomic E-state index is 0.0877. The van der Waals surface area contributed by atoms with E-state index in [9.17, 15) is 32.8 Å². The Kier molecular flexibility index (Phi) is 13.2. The molecule has 1 atom stereocenters. The number of alkyl halides is 2. The smallest absolute Gasteiger partial charge is 0.270 e. The first kappa shape index (κ1) is 42.2. The van der Waals surface area contributed by atoms with Gasteiger partial charge in [0.1, 0.15) is 11.8 Å². The van der Waals surface area contributed by atoms with Crippen LogP contribution in [0, 0.1) is 0 Å². The molecule has 0 saturated carbocycles. The predicted molar refractivity (Wildman–Crippen MR) is 214 cm³/mol. The summed E-state index contributed by atoms with van der Waals surface area (Å²) in [5, 5.41) is 14.1. The third-order valence-corrected chi connectivity index (χ3v) is 9.60. The van der Waals surface area contributed by atoms with Crippen LogP contribution in [0.4, 0.5) is 8.78 Å². The van der Waals surface area contributed by atoms with Crippen molar-refractivity contribution in [3.05, 3.63) is 102 Å². The average molecular weight is 814 g/mol. The van der Waals surface area contributed by atoms with Gasteiger partial charge < -0.3 is 30.2 Å². The molecule has 3 heterocycles. The number of nitrogens with zero attached hydrogens (tertiary/aromatic N) is 4. The molecule has 2 aromatic heterocycles. The first-order valence-electron chi connectivity index (χ1n) is 19.0. The molecule has 0 bridgehead atoms. The van der Waals surface area contributed by atoms with Gasteiger partial charge in [0.15, 0.2) is 12.3 Å². The molecule has 0 fully saturated rings. The lowest BCUT2D eigenvalue weighted by atomic mass is 10.1. The number of ether oxygens (including phenoxy) is 3. The van der Waals surface area contributed by atoms with Crippen molar-refractivity contribution in [1.82, 2.24) is 35.2 Å². The van der Waals surface area contributed by atoms with Crippen LogP contribution < -0.4 is 20.7 Å². The fourth-order valence-corrected chi connectivity index (χ4v) is 6.78. The quantitative estimate of drug-likeness (QED) is 0.0749. The van der Waals surface area contributed by atoms with Crippen molar-refractivity contribution in [2.24, 2.45) is 7.05 Å². The summed E-state index contributed by atoms with van der Waals surface area (Å²) >= 11 is 0. The minimum Gasteiger partial charge on any atom is -0.484 e. The topological polar surface area (TPSA) is 175 Å². The number of hydrogen-bond acceptors (Lipinski definition) is 9. The van der Waals surface area contributed by atoms with Gasteiger partial charge in [0.25, 0.3) is 29.6 Å². The Balaban J connectivity index is 0.881. The molecule has 0 spiro atoms. The Morgan fingerprint density at radius 1 is 0.898 bits per heavy atom. The number of aromatic nitrogens is 3. The van der Waals surface area contributed by atoms with E-state index < -0.39 is 35.6 Å². The van der Waals surface area contributed by atoms with Gasteiger partial charge in [0, 0.05) is 60.8 Å². The van der Waals surface area contributed by atoms with E-state index in [-0.39, 0.29) is 80.9 Å². The predicted octanol–water partition coefficient (Wildman–Crippen LogP) is 4.61. The third kappa shape index (κ3) is 9.48. The molecule has 3 aromatic carbocycles. The van der Waals surface area contributed by atoms with E-state index >= 15 is 0 Å². The maximum absolute atomic E-state index is 13.8. The van der Waals surface area contributed by atoms with Crippen molar-refractivity contribution >= 4 is 51.5 Å². The molecule has 3 N–H and O–H groups in total. The van der Waals surface area contributed by atoms with E-state index in [1.54, 1.807) is 36.0 Å². The molecule has 6 rings (SSSR count). The number of amides is 5. The lowest BCUT2D eigenvalue weighted by Gasteiger charge is -2.24. The van der Waals surface area contributed by atoms with Crippen LogP contribution in [-0.4, -0.2) is 101 Å². The number of aryl methyl sites for hydroxylation is 1. The maximum Gasteiger partial charge on any atom is 0.270 e. The zero-order valence-corrected chi connectivity index (χ0v) is 32.9. The Labute approximate surface area is 338 Å². The van der Waals surface area contributed by atoms with Crippen molar-refractivity contribution < 1.29 is 47.0 Å². The zero-order chi connectivity index (χ0) is 42.3. The number of carbonyl (C=O) groups excluding carboxylic acids is 5. The SMILES string of the molecule is C=CNC(=O)C(CCC)N1C(=O)c2ccc(OCC(=O)NCCOCCOCCNC(=O)c3ccc4c(c3)c3cn(C)nc3n4-c3ccc(C(C)(F)F)cc3)cc2C1=O. The summed E-state index contributed by atoms with van der Waals surface area (Å²) in [6.07, 6.45) is 3.90. The highest BCUT2D eigenvalue weighted by atomic mass is 19.3. The van der Waals surface area contributed by atoms with E-state index in [1.807, 2.05) is 23.8 Å². The van der Waals surface area contributed by atoms with E-state index in [1.165, 1.54) is 36.5 Å². The molecule has 1 aliphatic rings. The van der Waals surface area contributed by atoms with Crippen molar-refractivity contribution in [3.63, 3.8) is 0 Å². The fourth-order valence-electron chi connectivity index (χ4n) is 6.78. The van der Waals surface area contributed by atoms with Crippen LogP contribution in [0.15, 0.2) is 79.6 Å². The molecule has 0 aliphatic carbocycles. The van der Waals surface area contributed by atoms with Gasteiger partial charge in [-0.25, -0.2) is 8.78 Å². The highest BCUT2D eigenvalue weighted by Gasteiger charge is 2.42. The first-order chi connectivity index (χ1) is 28.3. The molecule has 15 nitrogen and oxygen atoms in total. The number of fused-ring (bicyclic) bond motifs is 4. The Bertz CT molecular complexity index is 2390. The molecular weight excluding hydrogens is 768 g/mol. The number of halogens is 2. The van der Waals surface area contributed by atoms with Crippen molar-refractivity contribution in [1.29, 1.82) is 0 Å². The van der Waals surface area contributed by atoms with E-state index in [0.29, 0.717) is 23.3 Å². The van der Waals surface area contributed by atoms with Crippen LogP contribution in [0.2, 0.25) is 0 Å². The van der Waals surface area contributed by atoms with Gasteiger partial charge in [-0.1, -0.05) is 32.1 Å². The molecule has 0 saturated heterocycles. The molecule has 310 valence electrons. The highest BCUT2D eigenvalue weighted by Crippen LogP contribution is 2.34. The molecular formula is C42H45F2N7O8. The van der Waals surface area contributed by atoms with Gasteiger partial charge >= 0.3 is 0 Å². The lowest BCUT2D eigenvalue weighted by Crippen LogP contribution is -2.48. The standard InChI is InChI=1S/C42H45F2N7O8/c1-5-7-35(39(54)45-6-2)51-40(55)30-14-13-29(23-32(30)41(51)56)59-25-36(52)46-16-18-57-20-21-58-19-17-47-38(53)26-8-15-34-31(22-26)33-24-49(4)48-37(33)50(34)28-11-9-27(10-12-28)42(3,43)44/h6,8-15,22-24,35H,2,5,7,16-21,25H2,1,3-4H3,(H,45,54)(H,46,52)(H,47,53). The number of nitrogens with one attached hydrogen (secondary N) is 3. The number of rotatable bonds is 20. The Morgan fingerprint density at radius 3 is 2.27 bits per heavy atom. The molecule has 17 heteroatoms. The normalized spacial score (nSPS) is 13.1. The highest BCUT2D eigenvalue weighted by molar-refractivity contribution is 6.23. The number of carbonyl (C=O) groups is 5. The summed E-state index contributed by atoms with van der Waals surface area (Å²) in [7, 11) is 1.79. The molecule has 0 radical (unpaired) electrons. The van der Waals surface area contributed by atoms with Crippen molar-refractivity contribution in [2.45, 2.75) is 38.7 Å². The first-order valence-corrected chi connectivity index (χ1v) is 19.0. The maximum atomic E-state index is 13.8. The molecule has 1 aliphatic heterocycles. The van der Waals surface area contributed by atoms with Crippen molar-refractivity contribution in [3.8, 4) is 11.4 Å². The summed E-state index contributed by atoms with van der Waals surface area (Å²) in [5.74, 6) is -5.16. The van der Waals surface area contributed by atoms with Crippen LogP contribution in [0.5, 0.6) is 5.75 Å². The lowest BCUT2D eigenvalue weighted by molar-refractivity contribution is -0.124. The van der Waals surface area contributed by atoms with E-state index in [4.69, 9.17) is 14.2 Å². The minimum atomic E-state index is -2.96. The molecule has 59 heavy (non-hydrogen) atoms. The van der Waals surface area contributed by atoms with Crippen LogP contribution in [0.1, 0.15) is 63.3 Å². The third-order valence-electron chi connectivity index (χ3n) is 9.60. The van der Waals surface area contributed by atoms with Crippen LogP contribution in [0.25, 0.3) is 27.6 Å². The fraction of sp³-hybridized carbons (Fsp3) is 0.333. The van der Waals surface area contributed by atoms with Crippen LogP contribution in [0.3, 0.4) is 0 Å². The van der Waals surface area contributed by atoms with Gasteiger partial charge in [0.05, 0.1) is 43.1 Å². The van der Waals surface area contributed by atoms with Crippen LogP contribution in [-0.2, 0) is 32.0 Å². The summed E-state index contributed by atoms with van der Waals surface area (Å²) in [6, 6.07) is 14.7. The van der Waals surface area contributed by atoms with Crippen LogP contribution >= 0.6 is 0 Å². The van der Waals surface area contributed by atoms with Gasteiger partial charge in [-0.15, -0.1) is 0 Å². The zero-order valence-electron chi connectivity index (χ0n) is 32.9. The second kappa shape index (κ2) is 18.4. The van der Waals surface area contributed by atoms with Gasteiger partial charge in [-0.2, -0.15) is 5.10 Å². The Hall–Kier alpha value is -6.46. The number of benzene rings is 3. The number of imide groups is 1. The summed E-state index contributed by atoms with van der Waals surface area (Å²) in [5.41, 5.74) is 2.67. The van der Waals surface area contributed by atoms with Gasteiger partial charge in [-0.3, -0.25) is 38.1 Å². The van der Waals surface area contributed by atoms with E-state index in [2.05, 4.69) is 27.6 Å². The van der Waals surface area contributed by atoms with Gasteiger partial charge in [-0.05, 0) is 61.2 Å². The Morgan fingerprint density at radius 2 is 1.59 bits per heavy atom. The summed E-state index contributed by atoms with van der Waals surface area (Å²) < 4.78 is 47.8. The summed E-state index contributed by atoms with van der Waals surface area (Å²) in [4.78, 5) is 65.0. The van der Waals surface area contributed by atoms with Gasteiger partial charge in [0.2, 0.25) is 5.91 Å². The molecule has 5 aromatic rings. The second-order valence-electron chi connectivity index (χ2n) is 13.9. The molecule has 5 amide bonds. The number of hydrogen-bond donors (Lipinski definition) is 3. The van der Waals surface area contributed by atoms with Crippen molar-refractivity contribution in [2.75, 3.05) is 46.1 Å². The van der Waals surface area contributed by atoms with E-state index in [0.717, 1.165) is 28.1 Å². The molecule has 1 unspecified atom stereocenters. The summed E-state index contributed by atoms with van der Waals surface area (Å²) in [6.45, 7) is 7.26. The largest absolute Gasteiger partial charge is 0.484 e. The second-order valence-corrected chi connectivity index (χ2v) is 13.9. The monoisotopic (exact) mass is 813 g/mol. The average Bonchev–Trinajstić information content (AvgIpc) is 3.82.